The second-order valence-corrected chi connectivity index (χ2v) is 9.75. The molecule has 6 nitrogen and oxygen atoms in total. The minimum absolute atomic E-state index is 0.144. The number of aliphatic hydroxyl groups is 1. The fourth-order valence-electron chi connectivity index (χ4n) is 2.97. The van der Waals surface area contributed by atoms with Gasteiger partial charge in [0.1, 0.15) is 15.7 Å². The average Bonchev–Trinajstić information content (AvgIpc) is 2.52. The Kier molecular flexibility index (Phi) is 9.42. The van der Waals surface area contributed by atoms with Crippen LogP contribution in [0.2, 0.25) is 11.6 Å². The lowest BCUT2D eigenvalue weighted by molar-refractivity contribution is 0.141. The molecular formula is C14H34B2N3O3P. The molecule has 0 aromatic rings. The highest BCUT2D eigenvalue weighted by atomic mass is 31.2. The molecule has 0 saturated carbocycles. The molecule has 9 heteroatoms. The molecule has 0 aliphatic carbocycles. The van der Waals surface area contributed by atoms with Gasteiger partial charge in [-0.1, -0.05) is 31.4 Å². The van der Waals surface area contributed by atoms with E-state index in [1.807, 2.05) is 4.67 Å². The molecule has 1 heterocycles. The summed E-state index contributed by atoms with van der Waals surface area (Å²) in [6.45, 7) is 5.81. The number of aliphatic hydroxyl groups excluding tert-OH is 1. The van der Waals surface area contributed by atoms with Gasteiger partial charge in [-0.2, -0.15) is 0 Å². The molecular weight excluding hydrogens is 311 g/mol. The summed E-state index contributed by atoms with van der Waals surface area (Å²) in [5.74, 6) is 1.24. The molecule has 0 radical (unpaired) electrons. The van der Waals surface area contributed by atoms with Gasteiger partial charge in [0.05, 0.1) is 6.61 Å². The van der Waals surface area contributed by atoms with E-state index in [-0.39, 0.29) is 12.5 Å². The fourth-order valence-corrected chi connectivity index (χ4v) is 5.12. The lowest BCUT2D eigenvalue weighted by atomic mass is 9.77. The third kappa shape index (κ3) is 6.52. The average molecular weight is 345 g/mol. The quantitative estimate of drug-likeness (QED) is 0.326. The first-order valence-corrected chi connectivity index (χ1v) is 10.4. The van der Waals surface area contributed by atoms with Gasteiger partial charge < -0.3 is 14.9 Å². The Balaban J connectivity index is 2.55. The lowest BCUT2D eigenvalue weighted by Crippen LogP contribution is -2.41. The van der Waals surface area contributed by atoms with Crippen molar-refractivity contribution in [2.45, 2.75) is 31.4 Å². The van der Waals surface area contributed by atoms with Crippen LogP contribution in [0.1, 0.15) is 19.8 Å². The summed E-state index contributed by atoms with van der Waals surface area (Å²) < 4.78 is 22.8. The maximum atomic E-state index is 13.3. The Morgan fingerprint density at radius 1 is 1.48 bits per heavy atom. The van der Waals surface area contributed by atoms with E-state index < -0.39 is 7.67 Å². The SMILES string of the molecule is BC(CC)CNCCO[P@](=O)(N(C)C)N1CC(B)CC(CO)C1. The highest BCUT2D eigenvalue weighted by Crippen LogP contribution is 2.54. The summed E-state index contributed by atoms with van der Waals surface area (Å²) in [6, 6.07) is 0. The summed E-state index contributed by atoms with van der Waals surface area (Å²) in [4.78, 5) is 0. The van der Waals surface area contributed by atoms with Crippen molar-refractivity contribution < 1.29 is 14.2 Å². The summed E-state index contributed by atoms with van der Waals surface area (Å²) >= 11 is 0. The van der Waals surface area contributed by atoms with Crippen molar-refractivity contribution in [2.75, 3.05) is 53.5 Å². The van der Waals surface area contributed by atoms with Crippen molar-refractivity contribution in [3.05, 3.63) is 0 Å². The van der Waals surface area contributed by atoms with Crippen LogP contribution in [0.15, 0.2) is 0 Å². The summed E-state index contributed by atoms with van der Waals surface area (Å²) in [7, 11) is 4.95. The first-order valence-electron chi connectivity index (χ1n) is 8.82. The zero-order valence-electron chi connectivity index (χ0n) is 15.5. The highest BCUT2D eigenvalue weighted by Gasteiger charge is 2.39. The van der Waals surface area contributed by atoms with Crippen molar-refractivity contribution in [1.82, 2.24) is 14.7 Å². The second kappa shape index (κ2) is 10.2. The molecule has 134 valence electrons. The summed E-state index contributed by atoms with van der Waals surface area (Å²) in [5, 5.41) is 12.8. The van der Waals surface area contributed by atoms with Crippen LogP contribution in [0.5, 0.6) is 0 Å². The number of hydrogen-bond donors (Lipinski definition) is 2. The van der Waals surface area contributed by atoms with Gasteiger partial charge in [-0.3, -0.25) is 4.57 Å². The molecule has 0 bridgehead atoms. The van der Waals surface area contributed by atoms with Gasteiger partial charge in [0.25, 0.3) is 0 Å². The molecule has 1 aliphatic heterocycles. The Hall–Kier alpha value is 0.160. The van der Waals surface area contributed by atoms with E-state index in [4.69, 9.17) is 4.52 Å². The predicted molar refractivity (Wildman–Crippen MR) is 102 cm³/mol. The molecule has 3 unspecified atom stereocenters. The zero-order chi connectivity index (χ0) is 17.5. The van der Waals surface area contributed by atoms with Crippen LogP contribution in [0, 0.1) is 5.92 Å². The normalized spacial score (nSPS) is 27.0. The van der Waals surface area contributed by atoms with E-state index in [1.165, 1.54) is 0 Å². The topological polar surface area (TPSA) is 65.0 Å². The van der Waals surface area contributed by atoms with Crippen LogP contribution >= 0.6 is 7.67 Å². The lowest BCUT2D eigenvalue weighted by Gasteiger charge is -2.41. The van der Waals surface area contributed by atoms with Crippen molar-refractivity contribution in [1.29, 1.82) is 0 Å². The molecule has 1 saturated heterocycles. The van der Waals surface area contributed by atoms with E-state index in [9.17, 15) is 9.67 Å². The number of piperidine rings is 1. The molecule has 4 atom stereocenters. The van der Waals surface area contributed by atoms with Crippen molar-refractivity contribution in [3.63, 3.8) is 0 Å². The third-order valence-corrected chi connectivity index (χ3v) is 7.15. The molecule has 0 spiro atoms. The monoisotopic (exact) mass is 345 g/mol. The highest BCUT2D eigenvalue weighted by molar-refractivity contribution is 7.53. The third-order valence-electron chi connectivity index (χ3n) is 4.58. The van der Waals surface area contributed by atoms with Crippen molar-refractivity contribution >= 4 is 23.4 Å². The van der Waals surface area contributed by atoms with Gasteiger partial charge in [0.2, 0.25) is 0 Å². The van der Waals surface area contributed by atoms with Gasteiger partial charge in [0.15, 0.2) is 0 Å². The minimum atomic E-state index is -3.01. The molecule has 0 aromatic heterocycles. The van der Waals surface area contributed by atoms with E-state index in [1.54, 1.807) is 18.8 Å². The summed E-state index contributed by atoms with van der Waals surface area (Å²) in [5.41, 5.74) is 0. The minimum Gasteiger partial charge on any atom is -0.396 e. The van der Waals surface area contributed by atoms with Crippen LogP contribution in [-0.4, -0.2) is 83.6 Å². The molecule has 23 heavy (non-hydrogen) atoms. The number of nitrogens with zero attached hydrogens (tertiary/aromatic N) is 2. The molecule has 1 aliphatic rings. The van der Waals surface area contributed by atoms with Gasteiger partial charge in [0, 0.05) is 26.2 Å². The van der Waals surface area contributed by atoms with E-state index in [0.29, 0.717) is 31.3 Å². The van der Waals surface area contributed by atoms with E-state index in [2.05, 4.69) is 27.9 Å². The van der Waals surface area contributed by atoms with Crippen LogP contribution < -0.4 is 5.32 Å². The van der Waals surface area contributed by atoms with Crippen LogP contribution in [0.25, 0.3) is 0 Å². The fraction of sp³-hybridized carbons (Fsp3) is 1.00. The van der Waals surface area contributed by atoms with Crippen LogP contribution in [0.4, 0.5) is 0 Å². The maximum absolute atomic E-state index is 13.3. The standard InChI is InChI=1S/C14H34B2N3O3P/c1-4-13(15)8-17-5-6-22-23(21,18(2)3)19-9-12(11-20)7-14(16)10-19/h12-14,17,20H,4-11,15-16H2,1-3H3/t12?,13?,14?,23-/m1/s1. The van der Waals surface area contributed by atoms with E-state index >= 15 is 0 Å². The largest absolute Gasteiger partial charge is 0.396 e. The Morgan fingerprint density at radius 3 is 2.74 bits per heavy atom. The number of hydrogen-bond acceptors (Lipinski definition) is 4. The van der Waals surface area contributed by atoms with Gasteiger partial charge in [-0.05, 0) is 26.6 Å². The van der Waals surface area contributed by atoms with Gasteiger partial charge in [-0.15, -0.1) is 0 Å². The van der Waals surface area contributed by atoms with Crippen LogP contribution in [-0.2, 0) is 9.09 Å². The molecule has 2 N–H and O–H groups in total. The number of rotatable bonds is 10. The smallest absolute Gasteiger partial charge is 0.345 e. The Morgan fingerprint density at radius 2 is 2.17 bits per heavy atom. The molecule has 1 fully saturated rings. The Bertz CT molecular complexity index is 390. The van der Waals surface area contributed by atoms with Gasteiger partial charge >= 0.3 is 7.67 Å². The van der Waals surface area contributed by atoms with Gasteiger partial charge in [-0.25, -0.2) is 9.34 Å². The van der Waals surface area contributed by atoms with Crippen LogP contribution in [0.3, 0.4) is 0 Å². The summed E-state index contributed by atoms with van der Waals surface area (Å²) in [6.07, 6.45) is 2.13. The van der Waals surface area contributed by atoms with E-state index in [0.717, 1.165) is 25.9 Å². The maximum Gasteiger partial charge on any atom is 0.345 e. The van der Waals surface area contributed by atoms with Crippen molar-refractivity contribution in [2.24, 2.45) is 5.92 Å². The van der Waals surface area contributed by atoms with Crippen molar-refractivity contribution in [3.8, 4) is 0 Å². The predicted octanol–water partition coefficient (Wildman–Crippen LogP) is -0.170. The molecule has 0 aromatic carbocycles. The molecule has 1 rings (SSSR count). The second-order valence-electron chi connectivity index (χ2n) is 7.15. The Labute approximate surface area is 143 Å². The number of nitrogens with one attached hydrogen (secondary N) is 1. The molecule has 0 amide bonds. The first kappa shape index (κ1) is 21.2. The zero-order valence-corrected chi connectivity index (χ0v) is 16.4. The first-order chi connectivity index (χ1) is 10.8.